The largest absolute Gasteiger partial charge is 0.233 e. The first-order valence-electron chi connectivity index (χ1n) is 10.1. The van der Waals surface area contributed by atoms with Crippen molar-refractivity contribution in [2.75, 3.05) is 0 Å². The summed E-state index contributed by atoms with van der Waals surface area (Å²) in [5.74, 6) is 1.49. The predicted octanol–water partition coefficient (Wildman–Crippen LogP) is 6.61. The Labute approximate surface area is 185 Å². The Bertz CT molecular complexity index is 1240. The lowest BCUT2D eigenvalue weighted by Gasteiger charge is -2.06. The van der Waals surface area contributed by atoms with Gasteiger partial charge < -0.3 is 0 Å². The Kier molecular flexibility index (Phi) is 5.10. The van der Waals surface area contributed by atoms with Crippen LogP contribution in [0.2, 0.25) is 0 Å². The van der Waals surface area contributed by atoms with Gasteiger partial charge in [-0.25, -0.2) is 19.9 Å². The zero-order valence-corrected chi connectivity index (χ0v) is 18.1. The van der Waals surface area contributed by atoms with Gasteiger partial charge in [-0.1, -0.05) is 60.7 Å². The number of thiophene rings is 1. The van der Waals surface area contributed by atoms with Crippen LogP contribution in [0.3, 0.4) is 0 Å². The molecule has 150 valence electrons. The van der Waals surface area contributed by atoms with Gasteiger partial charge in [0.05, 0.1) is 21.1 Å². The average Bonchev–Trinajstić information content (AvgIpc) is 3.30. The second-order valence-corrected chi connectivity index (χ2v) is 8.42. The molecule has 0 saturated heterocycles. The summed E-state index contributed by atoms with van der Waals surface area (Å²) in [5, 5.41) is 0. The molecule has 31 heavy (non-hydrogen) atoms. The quantitative estimate of drug-likeness (QED) is 0.328. The highest BCUT2D eigenvalue weighted by atomic mass is 32.1. The average molecular weight is 421 g/mol. The van der Waals surface area contributed by atoms with E-state index in [2.05, 4.69) is 22.1 Å². The van der Waals surface area contributed by atoms with Crippen molar-refractivity contribution in [1.82, 2.24) is 19.9 Å². The van der Waals surface area contributed by atoms with Crippen LogP contribution in [-0.4, -0.2) is 19.9 Å². The molecule has 0 fully saturated rings. The van der Waals surface area contributed by atoms with Gasteiger partial charge >= 0.3 is 0 Å². The molecule has 5 rings (SSSR count). The van der Waals surface area contributed by atoms with Crippen molar-refractivity contribution >= 4 is 11.3 Å². The fraction of sp³-hybridized carbons (Fsp3) is 0.0769. The summed E-state index contributed by atoms with van der Waals surface area (Å²) >= 11 is 1.68. The van der Waals surface area contributed by atoms with E-state index in [4.69, 9.17) is 9.97 Å². The van der Waals surface area contributed by atoms with Gasteiger partial charge in [-0.05, 0) is 38.1 Å². The van der Waals surface area contributed by atoms with Gasteiger partial charge in [-0.15, -0.1) is 11.3 Å². The molecular weight excluding hydrogens is 400 g/mol. The lowest BCUT2D eigenvalue weighted by atomic mass is 10.2. The molecule has 0 radical (unpaired) electrons. The van der Waals surface area contributed by atoms with Crippen LogP contribution in [0.4, 0.5) is 0 Å². The van der Waals surface area contributed by atoms with Crippen LogP contribution >= 0.6 is 11.3 Å². The van der Waals surface area contributed by atoms with Gasteiger partial charge in [0.1, 0.15) is 0 Å². The molecule has 0 bridgehead atoms. The van der Waals surface area contributed by atoms with Crippen LogP contribution in [0.1, 0.15) is 11.4 Å². The smallest absolute Gasteiger partial charge is 0.160 e. The van der Waals surface area contributed by atoms with Crippen molar-refractivity contribution < 1.29 is 0 Å². The molecule has 5 aromatic rings. The van der Waals surface area contributed by atoms with Crippen LogP contribution in [0.5, 0.6) is 0 Å². The van der Waals surface area contributed by atoms with E-state index in [0.29, 0.717) is 0 Å². The Hall–Kier alpha value is -3.70. The highest BCUT2D eigenvalue weighted by Crippen LogP contribution is 2.34. The maximum Gasteiger partial charge on any atom is 0.160 e. The minimum Gasteiger partial charge on any atom is -0.233 e. The van der Waals surface area contributed by atoms with E-state index >= 15 is 0 Å². The summed E-state index contributed by atoms with van der Waals surface area (Å²) in [6, 6.07) is 28.4. The number of benzene rings is 2. The standard InChI is InChI=1S/C26H20N4S/c1-17-15-21(29-25(27-17)19-9-5-3-6-10-19)23-13-14-24(31-23)22-16-18(2)28-26(30-22)20-11-7-4-8-12-20/h3-16H,1-2H3. The Morgan fingerprint density at radius 3 is 1.35 bits per heavy atom. The van der Waals surface area contributed by atoms with Crippen molar-refractivity contribution in [2.24, 2.45) is 0 Å². The van der Waals surface area contributed by atoms with Crippen LogP contribution in [0.15, 0.2) is 84.9 Å². The number of aromatic nitrogens is 4. The number of aryl methyl sites for hydroxylation is 2. The second kappa shape index (κ2) is 8.20. The van der Waals surface area contributed by atoms with E-state index in [-0.39, 0.29) is 0 Å². The number of hydrogen-bond donors (Lipinski definition) is 0. The van der Waals surface area contributed by atoms with Crippen LogP contribution in [0.25, 0.3) is 43.9 Å². The Morgan fingerprint density at radius 1 is 0.516 bits per heavy atom. The van der Waals surface area contributed by atoms with Crippen molar-refractivity contribution in [3.8, 4) is 43.9 Å². The zero-order valence-electron chi connectivity index (χ0n) is 17.3. The molecule has 0 spiro atoms. The fourth-order valence-corrected chi connectivity index (χ4v) is 4.36. The Morgan fingerprint density at radius 2 is 0.935 bits per heavy atom. The minimum atomic E-state index is 0.745. The first-order chi connectivity index (χ1) is 15.2. The third-order valence-corrected chi connectivity index (χ3v) is 6.01. The van der Waals surface area contributed by atoms with Crippen LogP contribution < -0.4 is 0 Å². The van der Waals surface area contributed by atoms with E-state index in [1.54, 1.807) is 11.3 Å². The first-order valence-corrected chi connectivity index (χ1v) is 10.9. The minimum absolute atomic E-state index is 0.745. The van der Waals surface area contributed by atoms with Gasteiger partial charge in [-0.3, -0.25) is 0 Å². The third kappa shape index (κ3) is 4.13. The second-order valence-electron chi connectivity index (χ2n) is 7.33. The molecule has 2 aromatic carbocycles. The van der Waals surface area contributed by atoms with Crippen molar-refractivity contribution in [2.45, 2.75) is 13.8 Å². The van der Waals surface area contributed by atoms with E-state index in [9.17, 15) is 0 Å². The zero-order chi connectivity index (χ0) is 21.2. The van der Waals surface area contributed by atoms with E-state index in [1.807, 2.05) is 86.6 Å². The molecule has 3 aromatic heterocycles. The molecule has 0 N–H and O–H groups in total. The highest BCUT2D eigenvalue weighted by Gasteiger charge is 2.12. The maximum absolute atomic E-state index is 4.83. The van der Waals surface area contributed by atoms with Crippen molar-refractivity contribution in [3.63, 3.8) is 0 Å². The number of nitrogens with zero attached hydrogens (tertiary/aromatic N) is 4. The van der Waals surface area contributed by atoms with E-state index < -0.39 is 0 Å². The van der Waals surface area contributed by atoms with Crippen molar-refractivity contribution in [1.29, 1.82) is 0 Å². The molecule has 5 heteroatoms. The maximum atomic E-state index is 4.83. The summed E-state index contributed by atoms with van der Waals surface area (Å²) in [6.07, 6.45) is 0. The molecule has 3 heterocycles. The molecule has 0 saturated carbocycles. The fourth-order valence-electron chi connectivity index (χ4n) is 3.44. The van der Waals surface area contributed by atoms with Gasteiger partial charge in [0.25, 0.3) is 0 Å². The van der Waals surface area contributed by atoms with Gasteiger partial charge in [0.2, 0.25) is 0 Å². The molecule has 4 nitrogen and oxygen atoms in total. The number of hydrogen-bond acceptors (Lipinski definition) is 5. The summed E-state index contributed by atoms with van der Waals surface area (Å²) < 4.78 is 0. The van der Waals surface area contributed by atoms with Gasteiger partial charge in [0.15, 0.2) is 11.6 Å². The summed E-state index contributed by atoms with van der Waals surface area (Å²) in [6.45, 7) is 4.01. The van der Waals surface area contributed by atoms with Gasteiger partial charge in [0, 0.05) is 22.5 Å². The molecule has 0 aliphatic carbocycles. The lowest BCUT2D eigenvalue weighted by Crippen LogP contribution is -1.94. The Balaban J connectivity index is 1.53. The molecule has 0 aliphatic rings. The summed E-state index contributed by atoms with van der Waals surface area (Å²) in [4.78, 5) is 21.1. The number of rotatable bonds is 4. The lowest BCUT2D eigenvalue weighted by molar-refractivity contribution is 1.12. The van der Waals surface area contributed by atoms with Crippen LogP contribution in [-0.2, 0) is 0 Å². The van der Waals surface area contributed by atoms with Gasteiger partial charge in [-0.2, -0.15) is 0 Å². The normalized spacial score (nSPS) is 10.9. The molecule has 0 atom stereocenters. The monoisotopic (exact) mass is 420 g/mol. The molecular formula is C26H20N4S. The molecule has 0 aliphatic heterocycles. The first kappa shape index (κ1) is 19.3. The SMILES string of the molecule is Cc1cc(-c2ccc(-c3cc(C)nc(-c4ccccc4)n3)s2)nc(-c2ccccc2)n1. The molecule has 0 unspecified atom stereocenters. The topological polar surface area (TPSA) is 51.6 Å². The summed E-state index contributed by atoms with van der Waals surface area (Å²) in [5.41, 5.74) is 5.78. The van der Waals surface area contributed by atoms with E-state index in [1.165, 1.54) is 0 Å². The molecule has 0 amide bonds. The van der Waals surface area contributed by atoms with Crippen molar-refractivity contribution in [3.05, 3.63) is 96.3 Å². The third-order valence-electron chi connectivity index (χ3n) is 4.88. The van der Waals surface area contributed by atoms with Crippen LogP contribution in [0, 0.1) is 13.8 Å². The highest BCUT2D eigenvalue weighted by molar-refractivity contribution is 7.18. The summed E-state index contributed by atoms with van der Waals surface area (Å²) in [7, 11) is 0. The predicted molar refractivity (Wildman–Crippen MR) is 127 cm³/mol. The van der Waals surface area contributed by atoms with E-state index in [0.717, 1.165) is 55.3 Å².